The number of nitrogens with two attached hydrogens (primary N) is 1. The van der Waals surface area contributed by atoms with Crippen LogP contribution in [-0.2, 0) is 0 Å². The highest BCUT2D eigenvalue weighted by Crippen LogP contribution is 2.37. The van der Waals surface area contributed by atoms with Crippen molar-refractivity contribution in [3.63, 3.8) is 0 Å². The monoisotopic (exact) mass is 233 g/mol. The van der Waals surface area contributed by atoms with E-state index >= 15 is 0 Å². The van der Waals surface area contributed by atoms with Gasteiger partial charge in [-0.15, -0.1) is 0 Å². The van der Waals surface area contributed by atoms with Crippen molar-refractivity contribution in [2.24, 2.45) is 11.7 Å². The molecule has 1 unspecified atom stereocenters. The minimum atomic E-state index is 0.120. The van der Waals surface area contributed by atoms with Crippen LogP contribution in [0.1, 0.15) is 48.4 Å². The highest BCUT2D eigenvalue weighted by molar-refractivity contribution is 5.46. The molecule has 1 fully saturated rings. The number of rotatable bonds is 4. The van der Waals surface area contributed by atoms with Crippen molar-refractivity contribution in [2.45, 2.75) is 45.6 Å². The van der Waals surface area contributed by atoms with Crippen LogP contribution in [0.25, 0.3) is 0 Å². The van der Waals surface area contributed by atoms with Crippen LogP contribution >= 0.6 is 0 Å². The van der Waals surface area contributed by atoms with E-state index in [-0.39, 0.29) is 6.04 Å². The maximum atomic E-state index is 6.32. The summed E-state index contributed by atoms with van der Waals surface area (Å²) in [4.78, 5) is 0. The normalized spacial score (nSPS) is 17.6. The molecule has 2 heteroatoms. The van der Waals surface area contributed by atoms with Gasteiger partial charge in [-0.2, -0.15) is 0 Å². The lowest BCUT2D eigenvalue weighted by molar-refractivity contribution is 0.275. The summed E-state index contributed by atoms with van der Waals surface area (Å²) in [6.07, 6.45) is 5.17. The maximum Gasteiger partial charge on any atom is 0.126 e. The Morgan fingerprint density at radius 2 is 2.06 bits per heavy atom. The van der Waals surface area contributed by atoms with Gasteiger partial charge in [0.2, 0.25) is 0 Å². The van der Waals surface area contributed by atoms with E-state index < -0.39 is 0 Å². The minimum Gasteiger partial charge on any atom is -0.496 e. The van der Waals surface area contributed by atoms with E-state index in [2.05, 4.69) is 26.0 Å². The number of hydrogen-bond acceptors (Lipinski definition) is 2. The molecule has 0 saturated heterocycles. The molecule has 0 heterocycles. The minimum absolute atomic E-state index is 0.120. The van der Waals surface area contributed by atoms with Gasteiger partial charge >= 0.3 is 0 Å². The molecule has 1 atom stereocenters. The molecule has 1 aromatic rings. The lowest BCUT2D eigenvalue weighted by Crippen LogP contribution is -2.20. The second-order valence-corrected chi connectivity index (χ2v) is 5.27. The largest absolute Gasteiger partial charge is 0.496 e. The van der Waals surface area contributed by atoms with E-state index in [0.717, 1.165) is 18.1 Å². The maximum absolute atomic E-state index is 6.32. The molecule has 0 radical (unpaired) electrons. The van der Waals surface area contributed by atoms with Crippen LogP contribution in [0.2, 0.25) is 0 Å². The summed E-state index contributed by atoms with van der Waals surface area (Å²) in [5.74, 6) is 1.81. The lowest BCUT2D eigenvalue weighted by atomic mass is 9.79. The molecule has 2 nitrogen and oxygen atoms in total. The van der Waals surface area contributed by atoms with Crippen LogP contribution in [0.15, 0.2) is 12.1 Å². The third-order valence-electron chi connectivity index (χ3n) is 4.12. The molecule has 2 N–H and O–H groups in total. The summed E-state index contributed by atoms with van der Waals surface area (Å²) < 4.78 is 5.53. The number of aryl methyl sites for hydroxylation is 1. The number of benzene rings is 1. The fourth-order valence-corrected chi connectivity index (χ4v) is 2.59. The lowest BCUT2D eigenvalue weighted by Gasteiger charge is -2.29. The zero-order chi connectivity index (χ0) is 12.4. The van der Waals surface area contributed by atoms with Crippen molar-refractivity contribution in [3.05, 3.63) is 28.8 Å². The molecule has 1 aliphatic carbocycles. The summed E-state index contributed by atoms with van der Waals surface area (Å²) in [6.45, 7) is 4.22. The van der Waals surface area contributed by atoms with Crippen molar-refractivity contribution in [1.82, 2.24) is 0 Å². The van der Waals surface area contributed by atoms with Crippen molar-refractivity contribution in [1.29, 1.82) is 0 Å². The predicted molar refractivity (Wildman–Crippen MR) is 71.4 cm³/mol. The summed E-state index contributed by atoms with van der Waals surface area (Å²) in [6, 6.07) is 4.40. The second-order valence-electron chi connectivity index (χ2n) is 5.27. The van der Waals surface area contributed by atoms with E-state index in [9.17, 15) is 0 Å². The van der Waals surface area contributed by atoms with Crippen molar-refractivity contribution >= 4 is 0 Å². The van der Waals surface area contributed by atoms with Crippen molar-refractivity contribution in [2.75, 3.05) is 7.11 Å². The fraction of sp³-hybridized carbons (Fsp3) is 0.600. The molecular formula is C15H23NO. The van der Waals surface area contributed by atoms with Crippen LogP contribution in [0, 0.1) is 19.8 Å². The number of methoxy groups -OCH3 is 1. The molecule has 2 rings (SSSR count). The zero-order valence-corrected chi connectivity index (χ0v) is 11.1. The molecule has 1 saturated carbocycles. The van der Waals surface area contributed by atoms with Gasteiger partial charge in [-0.05, 0) is 37.3 Å². The summed E-state index contributed by atoms with van der Waals surface area (Å²) in [7, 11) is 1.74. The summed E-state index contributed by atoms with van der Waals surface area (Å²) in [5, 5.41) is 0. The van der Waals surface area contributed by atoms with Crippen LogP contribution < -0.4 is 10.5 Å². The molecule has 0 aromatic heterocycles. The first kappa shape index (κ1) is 12.4. The van der Waals surface area contributed by atoms with E-state index in [0.29, 0.717) is 0 Å². The Labute approximate surface area is 104 Å². The van der Waals surface area contributed by atoms with Crippen molar-refractivity contribution < 1.29 is 4.74 Å². The van der Waals surface area contributed by atoms with E-state index in [1.807, 2.05) is 0 Å². The van der Waals surface area contributed by atoms with E-state index in [4.69, 9.17) is 10.5 Å². The number of ether oxygens (including phenoxy) is 1. The first-order valence-electron chi connectivity index (χ1n) is 6.53. The SMILES string of the molecule is COc1c(C(N)CC2CCC2)ccc(C)c1C. The van der Waals surface area contributed by atoms with Gasteiger partial charge in [0.05, 0.1) is 7.11 Å². The van der Waals surface area contributed by atoms with Crippen molar-refractivity contribution in [3.8, 4) is 5.75 Å². The molecule has 17 heavy (non-hydrogen) atoms. The van der Waals surface area contributed by atoms with E-state index in [1.165, 1.54) is 36.0 Å². The Kier molecular flexibility index (Phi) is 3.72. The van der Waals surface area contributed by atoms with E-state index in [1.54, 1.807) is 7.11 Å². The standard InChI is InChI=1S/C15H23NO/c1-10-7-8-13(15(17-3)11(10)2)14(16)9-12-5-4-6-12/h7-8,12,14H,4-6,9,16H2,1-3H3. The molecule has 0 bridgehead atoms. The quantitative estimate of drug-likeness (QED) is 0.863. The van der Waals surface area contributed by atoms with Gasteiger partial charge in [-0.3, -0.25) is 0 Å². The van der Waals surface area contributed by atoms with Crippen LogP contribution in [0.4, 0.5) is 0 Å². The summed E-state index contributed by atoms with van der Waals surface area (Å²) >= 11 is 0. The van der Waals surface area contributed by atoms with Gasteiger partial charge in [0.25, 0.3) is 0 Å². The highest BCUT2D eigenvalue weighted by Gasteiger charge is 2.23. The third-order valence-corrected chi connectivity index (χ3v) is 4.12. The average Bonchev–Trinajstić information content (AvgIpc) is 2.26. The second kappa shape index (κ2) is 5.09. The average molecular weight is 233 g/mol. The molecule has 0 amide bonds. The van der Waals surface area contributed by atoms with Gasteiger partial charge in [-0.1, -0.05) is 31.4 Å². The predicted octanol–water partition coefficient (Wildman–Crippen LogP) is 3.50. The molecular weight excluding hydrogens is 210 g/mol. The molecule has 1 aromatic carbocycles. The molecule has 0 spiro atoms. The van der Waals surface area contributed by atoms with Gasteiger partial charge < -0.3 is 10.5 Å². The molecule has 1 aliphatic rings. The Morgan fingerprint density at radius 3 is 2.59 bits per heavy atom. The Hall–Kier alpha value is -1.02. The van der Waals surface area contributed by atoms with Gasteiger partial charge in [0.15, 0.2) is 0 Å². The Bertz CT molecular complexity index is 396. The smallest absolute Gasteiger partial charge is 0.126 e. The summed E-state index contributed by atoms with van der Waals surface area (Å²) in [5.41, 5.74) is 9.97. The van der Waals surface area contributed by atoms with Crippen LogP contribution in [0.5, 0.6) is 5.75 Å². The number of hydrogen-bond donors (Lipinski definition) is 1. The Balaban J connectivity index is 2.21. The zero-order valence-electron chi connectivity index (χ0n) is 11.1. The van der Waals surface area contributed by atoms with Crippen LogP contribution in [-0.4, -0.2) is 7.11 Å². The van der Waals surface area contributed by atoms with Gasteiger partial charge in [0.1, 0.15) is 5.75 Å². The van der Waals surface area contributed by atoms with Gasteiger partial charge in [0, 0.05) is 11.6 Å². The first-order chi connectivity index (χ1) is 8.13. The highest BCUT2D eigenvalue weighted by atomic mass is 16.5. The van der Waals surface area contributed by atoms with Crippen LogP contribution in [0.3, 0.4) is 0 Å². The third kappa shape index (κ3) is 2.47. The van der Waals surface area contributed by atoms with Gasteiger partial charge in [-0.25, -0.2) is 0 Å². The fourth-order valence-electron chi connectivity index (χ4n) is 2.59. The Morgan fingerprint density at radius 1 is 1.35 bits per heavy atom. The molecule has 0 aliphatic heterocycles. The molecule has 94 valence electrons. The topological polar surface area (TPSA) is 35.2 Å². The first-order valence-corrected chi connectivity index (χ1v) is 6.53.